The minimum absolute atomic E-state index is 0.129. The predicted molar refractivity (Wildman–Crippen MR) is 199 cm³/mol. The molecule has 0 radical (unpaired) electrons. The molecule has 3 atom stereocenters. The number of nitrogens with zero attached hydrogens (tertiary/aromatic N) is 6. The van der Waals surface area contributed by atoms with Crippen LogP contribution in [0.3, 0.4) is 0 Å². The Morgan fingerprint density at radius 3 is 2.74 bits per heavy atom. The number of hydrogen-bond donors (Lipinski definition) is 3. The first kappa shape index (κ1) is 35.3. The number of benzene rings is 1. The minimum atomic E-state index is -0.595. The monoisotopic (exact) mass is 719 g/mol. The van der Waals surface area contributed by atoms with Crippen molar-refractivity contribution in [2.75, 3.05) is 39.3 Å². The van der Waals surface area contributed by atoms with E-state index in [0.717, 1.165) is 99.1 Å². The second-order valence-corrected chi connectivity index (χ2v) is 15.6. The number of unbranched alkanes of at least 4 members (excludes halogenated alkanes) is 2. The highest BCUT2D eigenvalue weighted by Gasteiger charge is 2.42. The van der Waals surface area contributed by atoms with Crippen molar-refractivity contribution in [3.8, 4) is 11.3 Å². The van der Waals surface area contributed by atoms with Crippen molar-refractivity contribution in [3.05, 3.63) is 65.7 Å². The van der Waals surface area contributed by atoms with Crippen LogP contribution in [0.15, 0.2) is 60.1 Å². The van der Waals surface area contributed by atoms with Crippen molar-refractivity contribution in [1.82, 2.24) is 45.5 Å². The number of hydrogen-bond acceptors (Lipinski definition) is 9. The lowest BCUT2D eigenvalue weighted by molar-refractivity contribution is -0.142. The maximum atomic E-state index is 13.1. The Hall–Kier alpha value is -4.75. The molecule has 5 aliphatic rings. The Morgan fingerprint density at radius 2 is 1.92 bits per heavy atom. The van der Waals surface area contributed by atoms with E-state index >= 15 is 0 Å². The third-order valence-electron chi connectivity index (χ3n) is 11.8. The molecule has 3 unspecified atom stereocenters. The third-order valence-corrected chi connectivity index (χ3v) is 11.8. The number of nitrogens with one attached hydrogen (secondary N) is 3. The SMILES string of the molecule is CC1(NCCCCCC(=O)N2CCC(n3cc(-c4cnc5cccc(C6CCNC6)c5n4)cn3)CC2)C=CC2=C(CN(C3CCC(=O)NC3=O)C2=O)C1. The van der Waals surface area contributed by atoms with Gasteiger partial charge in [-0.2, -0.15) is 5.10 Å². The van der Waals surface area contributed by atoms with Gasteiger partial charge in [-0.05, 0) is 88.1 Å². The van der Waals surface area contributed by atoms with Crippen molar-refractivity contribution in [2.24, 2.45) is 0 Å². The number of fused-ring (bicyclic) bond motifs is 1. The summed E-state index contributed by atoms with van der Waals surface area (Å²) in [4.78, 5) is 63.5. The van der Waals surface area contributed by atoms with Gasteiger partial charge in [-0.3, -0.25) is 34.2 Å². The molecule has 1 aromatic carbocycles. The molecule has 4 aliphatic heterocycles. The maximum Gasteiger partial charge on any atom is 0.254 e. The molecular formula is C40H49N9O4. The summed E-state index contributed by atoms with van der Waals surface area (Å²) in [6, 6.07) is 5.94. The van der Waals surface area contributed by atoms with Gasteiger partial charge in [0.1, 0.15) is 6.04 Å². The molecule has 0 bridgehead atoms. The molecule has 2 aromatic heterocycles. The van der Waals surface area contributed by atoms with Crippen LogP contribution >= 0.6 is 0 Å². The lowest BCUT2D eigenvalue weighted by atomic mass is 9.85. The van der Waals surface area contributed by atoms with Gasteiger partial charge < -0.3 is 20.4 Å². The fraction of sp³-hybridized carbons (Fsp3) is 0.525. The largest absolute Gasteiger partial charge is 0.343 e. The van der Waals surface area contributed by atoms with Crippen LogP contribution in [0.5, 0.6) is 0 Å². The number of para-hydroxylation sites is 1. The second-order valence-electron chi connectivity index (χ2n) is 15.6. The van der Waals surface area contributed by atoms with E-state index in [1.807, 2.05) is 34.1 Å². The van der Waals surface area contributed by atoms with E-state index in [1.54, 1.807) is 4.90 Å². The Bertz CT molecular complexity index is 1970. The Kier molecular flexibility index (Phi) is 9.95. The van der Waals surface area contributed by atoms with Crippen LogP contribution in [0.2, 0.25) is 0 Å². The summed E-state index contributed by atoms with van der Waals surface area (Å²) in [7, 11) is 0. The fourth-order valence-electron chi connectivity index (χ4n) is 8.73. The van der Waals surface area contributed by atoms with Gasteiger partial charge in [0.25, 0.3) is 5.91 Å². The lowest BCUT2D eigenvalue weighted by Gasteiger charge is -2.32. The van der Waals surface area contributed by atoms with Gasteiger partial charge in [-0.15, -0.1) is 0 Å². The molecule has 3 saturated heterocycles. The molecule has 4 amide bonds. The number of amides is 4. The van der Waals surface area contributed by atoms with Crippen molar-refractivity contribution >= 4 is 34.7 Å². The second kappa shape index (κ2) is 14.9. The van der Waals surface area contributed by atoms with Crippen molar-refractivity contribution in [1.29, 1.82) is 0 Å². The molecule has 0 saturated carbocycles. The fourth-order valence-corrected chi connectivity index (χ4v) is 8.73. The van der Waals surface area contributed by atoms with Crippen molar-refractivity contribution in [3.63, 3.8) is 0 Å². The summed E-state index contributed by atoms with van der Waals surface area (Å²) in [5.41, 5.74) is 6.39. The zero-order valence-corrected chi connectivity index (χ0v) is 30.5. The normalized spacial score (nSPS) is 25.1. The third kappa shape index (κ3) is 7.41. The molecule has 3 N–H and O–H groups in total. The Labute approximate surface area is 309 Å². The topological polar surface area (TPSA) is 154 Å². The summed E-state index contributed by atoms with van der Waals surface area (Å²) in [5, 5.41) is 14.2. The Morgan fingerprint density at radius 1 is 1.06 bits per heavy atom. The summed E-state index contributed by atoms with van der Waals surface area (Å²) in [6.45, 7) is 6.84. The Balaban J connectivity index is 0.753. The minimum Gasteiger partial charge on any atom is -0.343 e. The number of piperidine rings is 2. The van der Waals surface area contributed by atoms with E-state index in [0.29, 0.717) is 37.3 Å². The number of aromatic nitrogens is 4. The van der Waals surface area contributed by atoms with E-state index in [4.69, 9.17) is 15.1 Å². The number of imide groups is 1. The highest BCUT2D eigenvalue weighted by atomic mass is 16.2. The van der Waals surface area contributed by atoms with Crippen LogP contribution in [0.1, 0.15) is 88.7 Å². The smallest absolute Gasteiger partial charge is 0.254 e. The summed E-state index contributed by atoms with van der Waals surface area (Å²) in [6.07, 6.45) is 17.2. The van der Waals surface area contributed by atoms with Crippen LogP contribution in [0.4, 0.5) is 0 Å². The van der Waals surface area contributed by atoms with Crippen LogP contribution < -0.4 is 16.0 Å². The van der Waals surface area contributed by atoms with E-state index < -0.39 is 6.04 Å². The van der Waals surface area contributed by atoms with Crippen LogP contribution in [0.25, 0.3) is 22.3 Å². The predicted octanol–water partition coefficient (Wildman–Crippen LogP) is 3.55. The zero-order chi connectivity index (χ0) is 36.5. The van der Waals surface area contributed by atoms with Crippen LogP contribution in [-0.2, 0) is 19.2 Å². The van der Waals surface area contributed by atoms with E-state index in [1.165, 1.54) is 5.56 Å². The molecule has 13 nitrogen and oxygen atoms in total. The van der Waals surface area contributed by atoms with E-state index in [-0.39, 0.29) is 41.6 Å². The molecule has 0 spiro atoms. The summed E-state index contributed by atoms with van der Waals surface area (Å²) in [5.74, 6) is -0.107. The van der Waals surface area contributed by atoms with Gasteiger partial charge in [0.05, 0.1) is 35.2 Å². The van der Waals surface area contributed by atoms with E-state index in [2.05, 4.69) is 47.3 Å². The standard InChI is InChI=1S/C40H49N9O4/c1-40(15-11-31-27(20-40)24-48(39(31)53)34-9-10-35(50)46-38(34)52)43-16-4-2-3-8-36(51)47-18-13-29(14-19-47)49-25-28(22-44-49)33-23-42-32-7-5-6-30(37(32)45-33)26-12-17-41-21-26/h5-7,11,15,22-23,25-26,29,34,41,43H,2-4,8-10,12-14,16-21,24H2,1H3,(H,46,50,52). The average molecular weight is 720 g/mol. The molecule has 3 aromatic rings. The first-order chi connectivity index (χ1) is 25.7. The number of rotatable bonds is 11. The summed E-state index contributed by atoms with van der Waals surface area (Å²) < 4.78 is 2.04. The van der Waals surface area contributed by atoms with Gasteiger partial charge in [0, 0.05) is 61.9 Å². The van der Waals surface area contributed by atoms with Gasteiger partial charge in [0.2, 0.25) is 17.7 Å². The first-order valence-corrected chi connectivity index (χ1v) is 19.3. The molecular weight excluding hydrogens is 670 g/mol. The average Bonchev–Trinajstić information content (AvgIpc) is 3.94. The number of likely N-dealkylation sites (tertiary alicyclic amines) is 1. The van der Waals surface area contributed by atoms with Gasteiger partial charge in [-0.25, -0.2) is 4.98 Å². The first-order valence-electron chi connectivity index (χ1n) is 19.3. The molecule has 13 heteroatoms. The molecule has 3 fully saturated rings. The quantitative estimate of drug-likeness (QED) is 0.200. The molecule has 278 valence electrons. The van der Waals surface area contributed by atoms with Gasteiger partial charge in [-0.1, -0.05) is 30.7 Å². The van der Waals surface area contributed by atoms with Crippen molar-refractivity contribution in [2.45, 2.75) is 94.7 Å². The van der Waals surface area contributed by atoms with Gasteiger partial charge in [0.15, 0.2) is 0 Å². The van der Waals surface area contributed by atoms with Crippen LogP contribution in [-0.4, -0.2) is 104 Å². The number of carbonyl (C=O) groups is 4. The lowest BCUT2D eigenvalue weighted by Crippen LogP contribution is -2.53. The number of carbonyl (C=O) groups excluding carboxylic acids is 4. The molecule has 6 heterocycles. The van der Waals surface area contributed by atoms with Gasteiger partial charge >= 0.3 is 0 Å². The highest BCUT2D eigenvalue weighted by Crippen LogP contribution is 2.35. The maximum absolute atomic E-state index is 13.1. The molecule has 8 rings (SSSR count). The molecule has 1 aliphatic carbocycles. The van der Waals surface area contributed by atoms with Crippen LogP contribution in [0, 0.1) is 0 Å². The molecule has 53 heavy (non-hydrogen) atoms. The van der Waals surface area contributed by atoms with Crippen molar-refractivity contribution < 1.29 is 19.2 Å². The summed E-state index contributed by atoms with van der Waals surface area (Å²) >= 11 is 0. The van der Waals surface area contributed by atoms with E-state index in [9.17, 15) is 19.2 Å². The highest BCUT2D eigenvalue weighted by molar-refractivity contribution is 6.06. The zero-order valence-electron chi connectivity index (χ0n) is 30.5.